The number of para-hydroxylation sites is 2. The largest absolute Gasteiger partial charge is 0.494 e. The first-order chi connectivity index (χ1) is 16.1. The standard InChI is InChI=1S/C24H18N8O/c1-3-33-15-10-8-14(9-11-15)32-22(27)20(21-24(32)30-18(13-26)17(12-25)28-21)23-29-16-6-4-5-7-19(16)31(23)2/h4-11H,3,27H2,1-2H3. The molecule has 0 spiro atoms. The maximum absolute atomic E-state index is 9.54. The third-order valence-corrected chi connectivity index (χ3v) is 5.45. The summed E-state index contributed by atoms with van der Waals surface area (Å²) >= 11 is 0. The van der Waals surface area contributed by atoms with E-state index in [0.29, 0.717) is 40.7 Å². The minimum Gasteiger partial charge on any atom is -0.494 e. The number of nitriles is 2. The fourth-order valence-corrected chi connectivity index (χ4v) is 3.96. The van der Waals surface area contributed by atoms with Crippen LogP contribution in [-0.2, 0) is 7.05 Å². The third-order valence-electron chi connectivity index (χ3n) is 5.45. The van der Waals surface area contributed by atoms with E-state index in [-0.39, 0.29) is 11.4 Å². The Hall–Kier alpha value is -4.89. The number of benzene rings is 2. The molecule has 0 atom stereocenters. The van der Waals surface area contributed by atoms with Gasteiger partial charge in [0.15, 0.2) is 17.0 Å². The average Bonchev–Trinajstić information content (AvgIpc) is 3.31. The topological polar surface area (TPSA) is 131 Å². The van der Waals surface area contributed by atoms with E-state index in [9.17, 15) is 10.5 Å². The van der Waals surface area contributed by atoms with E-state index in [1.807, 2.05) is 79.2 Å². The van der Waals surface area contributed by atoms with Crippen molar-refractivity contribution in [1.29, 1.82) is 10.5 Å². The lowest BCUT2D eigenvalue weighted by atomic mass is 10.2. The van der Waals surface area contributed by atoms with Gasteiger partial charge in [-0.15, -0.1) is 0 Å². The first kappa shape index (κ1) is 20.0. The van der Waals surface area contributed by atoms with Crippen molar-refractivity contribution in [3.63, 3.8) is 0 Å². The van der Waals surface area contributed by atoms with Crippen molar-refractivity contribution in [2.24, 2.45) is 7.05 Å². The third kappa shape index (κ3) is 3.03. The maximum atomic E-state index is 9.54. The van der Waals surface area contributed by atoms with Crippen LogP contribution in [0.4, 0.5) is 5.82 Å². The SMILES string of the molecule is CCOc1ccc(-n2c(N)c(-c3nc4ccccc4n3C)c3nc(C#N)c(C#N)nc32)cc1. The van der Waals surface area contributed by atoms with Gasteiger partial charge in [0.1, 0.15) is 35.0 Å². The maximum Gasteiger partial charge on any atom is 0.179 e. The molecule has 0 radical (unpaired) electrons. The van der Waals surface area contributed by atoms with Crippen LogP contribution < -0.4 is 10.5 Å². The molecular weight excluding hydrogens is 416 g/mol. The van der Waals surface area contributed by atoms with Gasteiger partial charge in [0.05, 0.1) is 23.2 Å². The fourth-order valence-electron chi connectivity index (χ4n) is 3.96. The molecule has 5 aromatic rings. The highest BCUT2D eigenvalue weighted by Crippen LogP contribution is 2.38. The van der Waals surface area contributed by atoms with Crippen molar-refractivity contribution in [3.8, 4) is 35.0 Å². The quantitative estimate of drug-likeness (QED) is 0.456. The van der Waals surface area contributed by atoms with Gasteiger partial charge in [-0.2, -0.15) is 10.5 Å². The summed E-state index contributed by atoms with van der Waals surface area (Å²) in [6.07, 6.45) is 0. The van der Waals surface area contributed by atoms with Crippen LogP contribution in [0.2, 0.25) is 0 Å². The van der Waals surface area contributed by atoms with Gasteiger partial charge in [-0.3, -0.25) is 4.57 Å². The van der Waals surface area contributed by atoms with E-state index in [4.69, 9.17) is 15.5 Å². The summed E-state index contributed by atoms with van der Waals surface area (Å²) in [4.78, 5) is 13.7. The van der Waals surface area contributed by atoms with Crippen molar-refractivity contribution < 1.29 is 4.74 Å². The van der Waals surface area contributed by atoms with Crippen LogP contribution in [0, 0.1) is 22.7 Å². The highest BCUT2D eigenvalue weighted by atomic mass is 16.5. The van der Waals surface area contributed by atoms with Crippen molar-refractivity contribution in [1.82, 2.24) is 24.1 Å². The van der Waals surface area contributed by atoms with Crippen molar-refractivity contribution in [2.45, 2.75) is 6.92 Å². The number of anilines is 1. The van der Waals surface area contributed by atoms with Crippen LogP contribution >= 0.6 is 0 Å². The zero-order valence-electron chi connectivity index (χ0n) is 17.9. The Bertz CT molecular complexity index is 1610. The lowest BCUT2D eigenvalue weighted by molar-refractivity contribution is 0.340. The number of nitrogen functional groups attached to an aromatic ring is 1. The van der Waals surface area contributed by atoms with E-state index < -0.39 is 0 Å². The Kier molecular flexibility index (Phi) is 4.65. The smallest absolute Gasteiger partial charge is 0.179 e. The predicted octanol–water partition coefficient (Wildman–Crippen LogP) is 3.70. The zero-order chi connectivity index (χ0) is 23.1. The Labute approximate surface area is 188 Å². The van der Waals surface area contributed by atoms with Crippen LogP contribution in [0.25, 0.3) is 39.3 Å². The molecule has 5 rings (SSSR count). The number of fused-ring (bicyclic) bond motifs is 2. The predicted molar refractivity (Wildman–Crippen MR) is 124 cm³/mol. The molecule has 9 nitrogen and oxygen atoms in total. The number of hydrogen-bond donors (Lipinski definition) is 1. The fraction of sp³-hybridized carbons (Fsp3) is 0.125. The second-order valence-corrected chi connectivity index (χ2v) is 7.32. The van der Waals surface area contributed by atoms with E-state index >= 15 is 0 Å². The molecule has 0 bridgehead atoms. The molecule has 0 unspecified atom stereocenters. The minimum absolute atomic E-state index is 0.0612. The first-order valence-electron chi connectivity index (χ1n) is 10.2. The van der Waals surface area contributed by atoms with Crippen LogP contribution in [0.5, 0.6) is 5.75 Å². The molecule has 33 heavy (non-hydrogen) atoms. The summed E-state index contributed by atoms with van der Waals surface area (Å²) < 4.78 is 9.19. The normalized spacial score (nSPS) is 10.9. The van der Waals surface area contributed by atoms with Gasteiger partial charge < -0.3 is 15.0 Å². The molecule has 160 valence electrons. The molecule has 0 aliphatic rings. The summed E-state index contributed by atoms with van der Waals surface area (Å²) in [6, 6.07) is 19.0. The van der Waals surface area contributed by atoms with E-state index in [0.717, 1.165) is 16.8 Å². The van der Waals surface area contributed by atoms with Crippen LogP contribution in [0.3, 0.4) is 0 Å². The van der Waals surface area contributed by atoms with Crippen LogP contribution in [0.1, 0.15) is 18.3 Å². The molecule has 9 heteroatoms. The molecule has 0 aliphatic carbocycles. The number of rotatable bonds is 4. The first-order valence-corrected chi connectivity index (χ1v) is 10.2. The number of ether oxygens (including phenoxy) is 1. The van der Waals surface area contributed by atoms with Gasteiger partial charge in [0.2, 0.25) is 0 Å². The Morgan fingerprint density at radius 2 is 1.67 bits per heavy atom. The molecule has 2 aromatic carbocycles. The number of nitrogens with zero attached hydrogens (tertiary/aromatic N) is 7. The van der Waals surface area contributed by atoms with Crippen molar-refractivity contribution >= 4 is 28.0 Å². The summed E-state index contributed by atoms with van der Waals surface area (Å²) in [7, 11) is 1.90. The molecule has 2 N–H and O–H groups in total. The number of hydrogen-bond acceptors (Lipinski definition) is 7. The highest BCUT2D eigenvalue weighted by Gasteiger charge is 2.26. The van der Waals surface area contributed by atoms with E-state index in [1.54, 1.807) is 4.57 Å². The summed E-state index contributed by atoms with van der Waals surface area (Å²) in [6.45, 7) is 2.47. The Balaban J connectivity index is 1.86. The molecule has 3 heterocycles. The zero-order valence-corrected chi connectivity index (χ0v) is 17.9. The summed E-state index contributed by atoms with van der Waals surface area (Å²) in [5, 5.41) is 19.1. The van der Waals surface area contributed by atoms with Crippen molar-refractivity contribution in [2.75, 3.05) is 12.3 Å². The second kappa shape index (κ2) is 7.66. The van der Waals surface area contributed by atoms with Gasteiger partial charge in [-0.05, 0) is 43.3 Å². The summed E-state index contributed by atoms with van der Waals surface area (Å²) in [5.41, 5.74) is 10.3. The van der Waals surface area contributed by atoms with E-state index in [2.05, 4.69) is 9.97 Å². The monoisotopic (exact) mass is 434 g/mol. The van der Waals surface area contributed by atoms with Crippen molar-refractivity contribution in [3.05, 3.63) is 59.9 Å². The second-order valence-electron chi connectivity index (χ2n) is 7.32. The van der Waals surface area contributed by atoms with Gasteiger partial charge in [-0.1, -0.05) is 12.1 Å². The van der Waals surface area contributed by atoms with Gasteiger partial charge in [0.25, 0.3) is 0 Å². The molecular formula is C24H18N8O. The Morgan fingerprint density at radius 3 is 2.33 bits per heavy atom. The average molecular weight is 434 g/mol. The lowest BCUT2D eigenvalue weighted by Crippen LogP contribution is -2.03. The molecule has 0 amide bonds. The van der Waals surface area contributed by atoms with Crippen LogP contribution in [0.15, 0.2) is 48.5 Å². The molecule has 0 saturated carbocycles. The van der Waals surface area contributed by atoms with Gasteiger partial charge in [-0.25, -0.2) is 15.0 Å². The lowest BCUT2D eigenvalue weighted by Gasteiger charge is -2.09. The van der Waals surface area contributed by atoms with Crippen LogP contribution in [-0.4, -0.2) is 30.7 Å². The highest BCUT2D eigenvalue weighted by molar-refractivity contribution is 6.00. The Morgan fingerprint density at radius 1 is 0.970 bits per heavy atom. The molecule has 3 aromatic heterocycles. The summed E-state index contributed by atoms with van der Waals surface area (Å²) in [5.74, 6) is 1.67. The molecule has 0 fully saturated rings. The number of nitrogens with two attached hydrogens (primary N) is 1. The van der Waals surface area contributed by atoms with E-state index in [1.165, 1.54) is 0 Å². The minimum atomic E-state index is -0.0637. The molecule has 0 aliphatic heterocycles. The number of aromatic nitrogens is 5. The van der Waals surface area contributed by atoms with Gasteiger partial charge in [0, 0.05) is 12.7 Å². The number of aryl methyl sites for hydroxylation is 1. The van der Waals surface area contributed by atoms with Gasteiger partial charge >= 0.3 is 0 Å². The molecule has 0 saturated heterocycles. The number of imidazole rings is 1.